The Morgan fingerprint density at radius 3 is 2.35 bits per heavy atom. The van der Waals surface area contributed by atoms with Gasteiger partial charge in [-0.3, -0.25) is 0 Å². The van der Waals surface area contributed by atoms with Crippen LogP contribution >= 0.6 is 23.2 Å². The molecule has 0 aromatic heterocycles. The van der Waals surface area contributed by atoms with Gasteiger partial charge in [0.2, 0.25) is 0 Å². The average molecular weight is 274 g/mol. The SMILES string of the molecule is CC1(C)CCCC1Nc1cc(Cl)c(O)c(Cl)c1. The van der Waals surface area contributed by atoms with Crippen LogP contribution < -0.4 is 5.32 Å². The molecule has 2 rings (SSSR count). The van der Waals surface area contributed by atoms with Crippen LogP contribution in [0.4, 0.5) is 5.69 Å². The Labute approximate surface area is 112 Å². The summed E-state index contributed by atoms with van der Waals surface area (Å²) in [6, 6.07) is 3.87. The fraction of sp³-hybridized carbons (Fsp3) is 0.538. The monoisotopic (exact) mass is 273 g/mol. The van der Waals surface area contributed by atoms with Gasteiger partial charge in [0.15, 0.2) is 5.75 Å². The number of rotatable bonds is 2. The molecule has 2 nitrogen and oxygen atoms in total. The lowest BCUT2D eigenvalue weighted by molar-refractivity contribution is 0.350. The number of halogens is 2. The first kappa shape index (κ1) is 12.8. The van der Waals surface area contributed by atoms with E-state index in [0.717, 1.165) is 12.1 Å². The molecule has 1 aliphatic carbocycles. The lowest BCUT2D eigenvalue weighted by Crippen LogP contribution is -2.30. The largest absolute Gasteiger partial charge is 0.505 e. The molecule has 1 unspecified atom stereocenters. The second-order valence-corrected chi connectivity index (χ2v) is 6.18. The lowest BCUT2D eigenvalue weighted by atomic mass is 9.87. The maximum atomic E-state index is 9.50. The number of aromatic hydroxyl groups is 1. The van der Waals surface area contributed by atoms with Crippen molar-refractivity contribution in [1.29, 1.82) is 0 Å². The third-order valence-electron chi connectivity index (χ3n) is 3.62. The quantitative estimate of drug-likeness (QED) is 0.767. The number of hydrogen-bond donors (Lipinski definition) is 2. The van der Waals surface area contributed by atoms with Gasteiger partial charge in [-0.2, -0.15) is 0 Å². The smallest absolute Gasteiger partial charge is 0.152 e. The van der Waals surface area contributed by atoms with Crippen LogP contribution in [0.15, 0.2) is 12.1 Å². The van der Waals surface area contributed by atoms with E-state index in [9.17, 15) is 5.11 Å². The van der Waals surface area contributed by atoms with E-state index >= 15 is 0 Å². The molecule has 0 aliphatic heterocycles. The highest BCUT2D eigenvalue weighted by molar-refractivity contribution is 6.37. The van der Waals surface area contributed by atoms with Gasteiger partial charge in [0.1, 0.15) is 0 Å². The Balaban J connectivity index is 2.19. The van der Waals surface area contributed by atoms with Crippen molar-refractivity contribution < 1.29 is 5.11 Å². The second kappa shape index (κ2) is 4.58. The van der Waals surface area contributed by atoms with Crippen LogP contribution in [0.5, 0.6) is 5.75 Å². The molecule has 0 heterocycles. The number of phenolic OH excluding ortho intramolecular Hbond substituents is 1. The van der Waals surface area contributed by atoms with E-state index in [0.29, 0.717) is 6.04 Å². The zero-order valence-corrected chi connectivity index (χ0v) is 11.6. The molecule has 1 aromatic rings. The molecule has 0 amide bonds. The van der Waals surface area contributed by atoms with E-state index in [1.807, 2.05) is 0 Å². The molecule has 4 heteroatoms. The van der Waals surface area contributed by atoms with Crippen LogP contribution in [0.2, 0.25) is 10.0 Å². The summed E-state index contributed by atoms with van der Waals surface area (Å²) in [4.78, 5) is 0. The van der Waals surface area contributed by atoms with E-state index < -0.39 is 0 Å². The van der Waals surface area contributed by atoms with E-state index in [1.165, 1.54) is 12.8 Å². The van der Waals surface area contributed by atoms with Crippen LogP contribution in [0, 0.1) is 5.41 Å². The van der Waals surface area contributed by atoms with Crippen LogP contribution in [-0.2, 0) is 0 Å². The van der Waals surface area contributed by atoms with Crippen molar-refractivity contribution in [1.82, 2.24) is 0 Å². The first-order valence-corrected chi connectivity index (χ1v) is 6.60. The standard InChI is InChI=1S/C13H17Cl2NO/c1-13(2)5-3-4-11(13)16-8-6-9(14)12(17)10(15)7-8/h6-7,11,16-17H,3-5H2,1-2H3. The van der Waals surface area contributed by atoms with Crippen molar-refractivity contribution in [3.8, 4) is 5.75 Å². The number of anilines is 1. The molecular formula is C13H17Cl2NO. The van der Waals surface area contributed by atoms with Gasteiger partial charge < -0.3 is 10.4 Å². The lowest BCUT2D eigenvalue weighted by Gasteiger charge is -2.29. The molecule has 1 saturated carbocycles. The van der Waals surface area contributed by atoms with Crippen molar-refractivity contribution >= 4 is 28.9 Å². The van der Waals surface area contributed by atoms with E-state index in [-0.39, 0.29) is 21.2 Å². The van der Waals surface area contributed by atoms with Gasteiger partial charge in [-0.1, -0.05) is 43.5 Å². The van der Waals surface area contributed by atoms with E-state index in [4.69, 9.17) is 23.2 Å². The highest BCUT2D eigenvalue weighted by atomic mass is 35.5. The van der Waals surface area contributed by atoms with E-state index in [2.05, 4.69) is 19.2 Å². The fourth-order valence-corrected chi connectivity index (χ4v) is 2.93. The summed E-state index contributed by atoms with van der Waals surface area (Å²) in [7, 11) is 0. The summed E-state index contributed by atoms with van der Waals surface area (Å²) in [5.41, 5.74) is 1.16. The van der Waals surface area contributed by atoms with Gasteiger partial charge >= 0.3 is 0 Å². The summed E-state index contributed by atoms with van der Waals surface area (Å²) >= 11 is 11.8. The van der Waals surface area contributed by atoms with Gasteiger partial charge in [0.25, 0.3) is 0 Å². The van der Waals surface area contributed by atoms with Crippen molar-refractivity contribution in [2.75, 3.05) is 5.32 Å². The summed E-state index contributed by atoms with van der Waals surface area (Å²) in [5, 5.41) is 13.5. The zero-order valence-electron chi connectivity index (χ0n) is 10.1. The predicted octanol–water partition coefficient (Wildman–Crippen LogP) is 4.69. The summed E-state index contributed by atoms with van der Waals surface area (Å²) in [5.74, 6) is -0.0513. The molecule has 0 spiro atoms. The highest BCUT2D eigenvalue weighted by Gasteiger charge is 2.34. The Kier molecular flexibility index (Phi) is 3.46. The molecule has 94 valence electrons. The molecule has 2 N–H and O–H groups in total. The number of benzene rings is 1. The van der Waals surface area contributed by atoms with Crippen LogP contribution in [0.3, 0.4) is 0 Å². The molecule has 1 fully saturated rings. The number of hydrogen-bond acceptors (Lipinski definition) is 2. The minimum absolute atomic E-state index is 0.0513. The maximum absolute atomic E-state index is 9.50. The van der Waals surface area contributed by atoms with Crippen molar-refractivity contribution in [3.63, 3.8) is 0 Å². The Hall–Kier alpha value is -0.600. The van der Waals surface area contributed by atoms with Gasteiger partial charge in [-0.25, -0.2) is 0 Å². The fourth-order valence-electron chi connectivity index (χ4n) is 2.44. The number of nitrogens with one attached hydrogen (secondary N) is 1. The molecular weight excluding hydrogens is 257 g/mol. The molecule has 1 aliphatic rings. The minimum atomic E-state index is -0.0513. The van der Waals surface area contributed by atoms with Crippen molar-refractivity contribution in [3.05, 3.63) is 22.2 Å². The topological polar surface area (TPSA) is 32.3 Å². The third-order valence-corrected chi connectivity index (χ3v) is 4.19. The Morgan fingerprint density at radius 1 is 1.29 bits per heavy atom. The number of phenols is 1. The van der Waals surface area contributed by atoms with Crippen LogP contribution in [-0.4, -0.2) is 11.1 Å². The van der Waals surface area contributed by atoms with Crippen molar-refractivity contribution in [2.24, 2.45) is 5.41 Å². The van der Waals surface area contributed by atoms with Gasteiger partial charge in [-0.15, -0.1) is 0 Å². The predicted molar refractivity (Wildman–Crippen MR) is 73.2 cm³/mol. The summed E-state index contributed by atoms with van der Waals surface area (Å²) in [6.45, 7) is 4.53. The Morgan fingerprint density at radius 2 is 1.88 bits per heavy atom. The summed E-state index contributed by atoms with van der Waals surface area (Å²) in [6.07, 6.45) is 3.62. The molecule has 1 aromatic carbocycles. The zero-order chi connectivity index (χ0) is 12.6. The molecule has 0 saturated heterocycles. The summed E-state index contributed by atoms with van der Waals surface area (Å²) < 4.78 is 0. The van der Waals surface area contributed by atoms with Crippen LogP contribution in [0.25, 0.3) is 0 Å². The van der Waals surface area contributed by atoms with Gasteiger partial charge in [0.05, 0.1) is 10.0 Å². The van der Waals surface area contributed by atoms with E-state index in [1.54, 1.807) is 12.1 Å². The van der Waals surface area contributed by atoms with Crippen molar-refractivity contribution in [2.45, 2.75) is 39.2 Å². The highest BCUT2D eigenvalue weighted by Crippen LogP contribution is 2.41. The van der Waals surface area contributed by atoms with Crippen LogP contribution in [0.1, 0.15) is 33.1 Å². The first-order valence-electron chi connectivity index (χ1n) is 5.85. The molecule has 0 radical (unpaired) electrons. The molecule has 17 heavy (non-hydrogen) atoms. The Bertz CT molecular complexity index is 408. The normalized spacial score (nSPS) is 22.7. The van der Waals surface area contributed by atoms with Gasteiger partial charge in [-0.05, 0) is 30.4 Å². The second-order valence-electron chi connectivity index (χ2n) is 5.37. The first-order chi connectivity index (χ1) is 7.90. The van der Waals surface area contributed by atoms with Gasteiger partial charge in [0, 0.05) is 11.7 Å². The maximum Gasteiger partial charge on any atom is 0.152 e. The minimum Gasteiger partial charge on any atom is -0.505 e. The third kappa shape index (κ3) is 2.63. The average Bonchev–Trinajstić information content (AvgIpc) is 2.55. The molecule has 1 atom stereocenters. The molecule has 0 bridgehead atoms.